The monoisotopic (exact) mass is 260 g/mol. The summed E-state index contributed by atoms with van der Waals surface area (Å²) in [6, 6.07) is 0. The number of hydrogen-bond donors (Lipinski definition) is 1. The molecule has 2 heterocycles. The van der Waals surface area contributed by atoms with Gasteiger partial charge in [-0.15, -0.1) is 0 Å². The maximum absolute atomic E-state index is 11.2. The van der Waals surface area contributed by atoms with Crippen LogP contribution in [0.5, 0.6) is 0 Å². The molecular formula is C14H20N4O. The first-order valence-electron chi connectivity index (χ1n) is 7.06. The molecule has 102 valence electrons. The summed E-state index contributed by atoms with van der Waals surface area (Å²) < 4.78 is 0. The molecule has 0 aromatic carbocycles. The maximum Gasteiger partial charge on any atom is 0.220 e. The highest BCUT2D eigenvalue weighted by Crippen LogP contribution is 2.31. The van der Waals surface area contributed by atoms with Crippen LogP contribution in [-0.4, -0.2) is 29.0 Å². The molecule has 0 spiro atoms. The van der Waals surface area contributed by atoms with E-state index in [9.17, 15) is 4.79 Å². The zero-order valence-electron chi connectivity index (χ0n) is 11.4. The molecule has 0 unspecified atom stereocenters. The van der Waals surface area contributed by atoms with E-state index in [1.807, 2.05) is 6.92 Å². The van der Waals surface area contributed by atoms with Gasteiger partial charge in [0.1, 0.15) is 11.6 Å². The van der Waals surface area contributed by atoms with Gasteiger partial charge in [-0.25, -0.2) is 9.97 Å². The van der Waals surface area contributed by atoms with Crippen molar-refractivity contribution in [3.8, 4) is 0 Å². The van der Waals surface area contributed by atoms with Gasteiger partial charge in [0.05, 0.1) is 0 Å². The second-order valence-electron chi connectivity index (χ2n) is 5.54. The van der Waals surface area contributed by atoms with Crippen LogP contribution in [0.1, 0.15) is 36.3 Å². The normalized spacial score (nSPS) is 19.5. The van der Waals surface area contributed by atoms with Crippen LogP contribution in [0.3, 0.4) is 0 Å². The first-order valence-corrected chi connectivity index (χ1v) is 7.06. The quantitative estimate of drug-likeness (QED) is 0.860. The van der Waals surface area contributed by atoms with Crippen molar-refractivity contribution in [3.05, 3.63) is 17.1 Å². The molecule has 1 aromatic rings. The van der Waals surface area contributed by atoms with Crippen LogP contribution < -0.4 is 10.6 Å². The Hall–Kier alpha value is -1.65. The van der Waals surface area contributed by atoms with Gasteiger partial charge in [-0.05, 0) is 39.0 Å². The Morgan fingerprint density at radius 2 is 2.00 bits per heavy atom. The van der Waals surface area contributed by atoms with Gasteiger partial charge >= 0.3 is 0 Å². The molecule has 1 fully saturated rings. The molecule has 0 radical (unpaired) electrons. The Balaban J connectivity index is 1.82. The lowest BCUT2D eigenvalue weighted by atomic mass is 9.96. The van der Waals surface area contributed by atoms with E-state index in [2.05, 4.69) is 14.9 Å². The molecule has 0 atom stereocenters. The molecular weight excluding hydrogens is 240 g/mol. The second kappa shape index (κ2) is 4.79. The third-order valence-electron chi connectivity index (χ3n) is 4.22. The zero-order valence-corrected chi connectivity index (χ0v) is 11.4. The number of rotatable bonds is 2. The predicted octanol–water partition coefficient (Wildman–Crippen LogP) is 0.975. The summed E-state index contributed by atoms with van der Waals surface area (Å²) in [5, 5.41) is 0. The molecule has 0 bridgehead atoms. The number of amides is 1. The number of nitrogens with two attached hydrogens (primary N) is 1. The summed E-state index contributed by atoms with van der Waals surface area (Å²) in [5.41, 5.74) is 7.93. The smallest absolute Gasteiger partial charge is 0.220 e. The molecule has 2 N–H and O–H groups in total. The van der Waals surface area contributed by atoms with Gasteiger partial charge in [0.25, 0.3) is 0 Å². The summed E-state index contributed by atoms with van der Waals surface area (Å²) in [5.74, 6) is 1.83. The van der Waals surface area contributed by atoms with Gasteiger partial charge < -0.3 is 10.6 Å². The number of nitrogens with zero attached hydrogens (tertiary/aromatic N) is 3. The number of piperidine rings is 1. The highest BCUT2D eigenvalue weighted by molar-refractivity contribution is 5.77. The van der Waals surface area contributed by atoms with Crippen LogP contribution >= 0.6 is 0 Å². The number of carbonyl (C=O) groups excluding carboxylic acids is 1. The fraction of sp³-hybridized carbons (Fsp3) is 0.643. The SMILES string of the molecule is Cc1nc2c(c(N3CCC(C(N)=O)CC3)n1)CCC2. The summed E-state index contributed by atoms with van der Waals surface area (Å²) in [6.45, 7) is 3.70. The van der Waals surface area contributed by atoms with Gasteiger partial charge in [-0.1, -0.05) is 0 Å². The van der Waals surface area contributed by atoms with Crippen LogP contribution in [0.25, 0.3) is 0 Å². The van der Waals surface area contributed by atoms with E-state index in [-0.39, 0.29) is 11.8 Å². The van der Waals surface area contributed by atoms with E-state index < -0.39 is 0 Å². The predicted molar refractivity (Wildman–Crippen MR) is 72.9 cm³/mol. The number of aromatic nitrogens is 2. The van der Waals surface area contributed by atoms with Crippen molar-refractivity contribution in [1.29, 1.82) is 0 Å². The lowest BCUT2D eigenvalue weighted by Crippen LogP contribution is -2.39. The lowest BCUT2D eigenvalue weighted by molar-refractivity contribution is -0.122. The van der Waals surface area contributed by atoms with E-state index >= 15 is 0 Å². The number of aryl methyl sites for hydroxylation is 2. The number of anilines is 1. The van der Waals surface area contributed by atoms with Crippen molar-refractivity contribution >= 4 is 11.7 Å². The highest BCUT2D eigenvalue weighted by atomic mass is 16.1. The third-order valence-corrected chi connectivity index (χ3v) is 4.22. The van der Waals surface area contributed by atoms with Crippen LogP contribution in [-0.2, 0) is 17.6 Å². The first-order chi connectivity index (χ1) is 9.15. The summed E-state index contributed by atoms with van der Waals surface area (Å²) in [6.07, 6.45) is 5.02. The van der Waals surface area contributed by atoms with Crippen molar-refractivity contribution in [1.82, 2.24) is 9.97 Å². The van der Waals surface area contributed by atoms with Gasteiger partial charge in [0.15, 0.2) is 0 Å². The van der Waals surface area contributed by atoms with Gasteiger partial charge in [0, 0.05) is 30.3 Å². The molecule has 1 aromatic heterocycles. The second-order valence-corrected chi connectivity index (χ2v) is 5.54. The molecule has 1 aliphatic heterocycles. The van der Waals surface area contributed by atoms with Crippen molar-refractivity contribution in [2.45, 2.75) is 39.0 Å². The average Bonchev–Trinajstić information content (AvgIpc) is 2.85. The minimum absolute atomic E-state index is 0.0345. The molecule has 2 aliphatic rings. The largest absolute Gasteiger partial charge is 0.369 e. The molecule has 5 nitrogen and oxygen atoms in total. The minimum atomic E-state index is -0.163. The average molecular weight is 260 g/mol. The van der Waals surface area contributed by atoms with Crippen LogP contribution in [0, 0.1) is 12.8 Å². The van der Waals surface area contributed by atoms with Crippen molar-refractivity contribution < 1.29 is 4.79 Å². The van der Waals surface area contributed by atoms with Crippen molar-refractivity contribution in [3.63, 3.8) is 0 Å². The van der Waals surface area contributed by atoms with E-state index in [4.69, 9.17) is 5.73 Å². The standard InChI is InChI=1S/C14H20N4O/c1-9-16-12-4-2-3-11(12)14(17-9)18-7-5-10(6-8-18)13(15)19/h10H,2-8H2,1H3,(H2,15,19). The van der Waals surface area contributed by atoms with Gasteiger partial charge in [-0.3, -0.25) is 4.79 Å². The summed E-state index contributed by atoms with van der Waals surface area (Å²) >= 11 is 0. The van der Waals surface area contributed by atoms with E-state index in [1.165, 1.54) is 17.7 Å². The lowest BCUT2D eigenvalue weighted by Gasteiger charge is -2.32. The fourth-order valence-corrected chi connectivity index (χ4v) is 3.17. The van der Waals surface area contributed by atoms with E-state index in [0.29, 0.717) is 0 Å². The number of primary amides is 1. The molecule has 19 heavy (non-hydrogen) atoms. The number of carbonyl (C=O) groups is 1. The van der Waals surface area contributed by atoms with Crippen molar-refractivity contribution in [2.75, 3.05) is 18.0 Å². The number of hydrogen-bond acceptors (Lipinski definition) is 4. The van der Waals surface area contributed by atoms with Crippen LogP contribution in [0.15, 0.2) is 0 Å². The number of fused-ring (bicyclic) bond motifs is 1. The third kappa shape index (κ3) is 2.29. The topological polar surface area (TPSA) is 72.1 Å². The Morgan fingerprint density at radius 3 is 2.68 bits per heavy atom. The summed E-state index contributed by atoms with van der Waals surface area (Å²) in [4.78, 5) is 22.7. The first kappa shape index (κ1) is 12.4. The van der Waals surface area contributed by atoms with E-state index in [0.717, 1.165) is 50.4 Å². The highest BCUT2D eigenvalue weighted by Gasteiger charge is 2.27. The Morgan fingerprint density at radius 1 is 1.26 bits per heavy atom. The molecule has 1 aliphatic carbocycles. The minimum Gasteiger partial charge on any atom is -0.369 e. The van der Waals surface area contributed by atoms with Crippen LogP contribution in [0.2, 0.25) is 0 Å². The fourth-order valence-electron chi connectivity index (χ4n) is 3.17. The van der Waals surface area contributed by atoms with Gasteiger partial charge in [0.2, 0.25) is 5.91 Å². The molecule has 3 rings (SSSR count). The van der Waals surface area contributed by atoms with Crippen LogP contribution in [0.4, 0.5) is 5.82 Å². The molecule has 0 saturated carbocycles. The van der Waals surface area contributed by atoms with Crippen molar-refractivity contribution in [2.24, 2.45) is 11.7 Å². The Bertz CT molecular complexity index is 506. The molecule has 1 saturated heterocycles. The summed E-state index contributed by atoms with van der Waals surface area (Å²) in [7, 11) is 0. The molecule has 1 amide bonds. The van der Waals surface area contributed by atoms with E-state index in [1.54, 1.807) is 0 Å². The maximum atomic E-state index is 11.2. The Labute approximate surface area is 113 Å². The van der Waals surface area contributed by atoms with Gasteiger partial charge in [-0.2, -0.15) is 0 Å². The molecule has 5 heteroatoms. The Kier molecular flexibility index (Phi) is 3.12. The zero-order chi connectivity index (χ0) is 13.4.